The number of nitrogens with zero attached hydrogens (tertiary/aromatic N) is 3. The van der Waals surface area contributed by atoms with Crippen molar-refractivity contribution in [3.63, 3.8) is 0 Å². The Labute approximate surface area is 165 Å². The predicted molar refractivity (Wildman–Crippen MR) is 109 cm³/mol. The second-order valence-electron chi connectivity index (χ2n) is 6.09. The Morgan fingerprint density at radius 1 is 1.18 bits per heavy atom. The van der Waals surface area contributed by atoms with E-state index in [4.69, 9.17) is 4.42 Å². The van der Waals surface area contributed by atoms with Crippen LogP contribution in [0.5, 0.6) is 0 Å². The number of aliphatic hydroxyl groups excluding tert-OH is 1. The summed E-state index contributed by atoms with van der Waals surface area (Å²) < 4.78 is 5.77. The van der Waals surface area contributed by atoms with Crippen molar-refractivity contribution in [1.82, 2.24) is 15.0 Å². The average molecular weight is 388 g/mol. The van der Waals surface area contributed by atoms with Gasteiger partial charge >= 0.3 is 0 Å². The van der Waals surface area contributed by atoms with E-state index in [-0.39, 0.29) is 11.3 Å². The molecule has 0 aliphatic carbocycles. The molecule has 7 heteroatoms. The number of H-pyrrole nitrogens is 1. The molecule has 0 aliphatic heterocycles. The van der Waals surface area contributed by atoms with E-state index in [2.05, 4.69) is 15.0 Å². The maximum absolute atomic E-state index is 10.6. The van der Waals surface area contributed by atoms with Crippen molar-refractivity contribution in [3.05, 3.63) is 72.4 Å². The van der Waals surface area contributed by atoms with Gasteiger partial charge in [0.25, 0.3) is 5.22 Å². The van der Waals surface area contributed by atoms with Crippen molar-refractivity contribution in [1.29, 1.82) is 5.26 Å². The highest BCUT2D eigenvalue weighted by Crippen LogP contribution is 2.32. The topological polar surface area (TPSA) is 98.7 Å². The molecule has 0 spiro atoms. The number of fused-ring (bicyclic) bond motifs is 1. The molecule has 1 unspecified atom stereocenters. The molecule has 0 aliphatic rings. The molecule has 0 fully saturated rings. The molecule has 0 amide bonds. The summed E-state index contributed by atoms with van der Waals surface area (Å²) in [5.74, 6) is 0.911. The molecule has 4 rings (SSSR count). The van der Waals surface area contributed by atoms with Gasteiger partial charge in [0.1, 0.15) is 17.4 Å². The number of para-hydroxylation sites is 2. The number of hydrogen-bond acceptors (Lipinski definition) is 6. The number of hydrogen-bond donors (Lipinski definition) is 2. The third-order valence-electron chi connectivity index (χ3n) is 4.20. The first-order valence-electron chi connectivity index (χ1n) is 8.62. The summed E-state index contributed by atoms with van der Waals surface area (Å²) in [5.41, 5.74) is 2.57. The highest BCUT2D eigenvalue weighted by molar-refractivity contribution is 7.99. The fraction of sp³-hybridized carbons (Fsp3) is 0.0952. The molecule has 0 saturated carbocycles. The first-order chi connectivity index (χ1) is 13.7. The van der Waals surface area contributed by atoms with Gasteiger partial charge in [-0.3, -0.25) is 0 Å². The minimum Gasteiger partial charge on any atom is -0.510 e. The lowest BCUT2D eigenvalue weighted by molar-refractivity contribution is 0.399. The summed E-state index contributed by atoms with van der Waals surface area (Å²) in [6.45, 7) is 1.78. The van der Waals surface area contributed by atoms with Crippen LogP contribution in [-0.4, -0.2) is 25.3 Å². The number of imidazole rings is 1. The third kappa shape index (κ3) is 3.50. The van der Waals surface area contributed by atoms with E-state index in [9.17, 15) is 10.4 Å². The number of aromatic nitrogens is 3. The first kappa shape index (κ1) is 17.9. The largest absolute Gasteiger partial charge is 0.510 e. The predicted octanol–water partition coefficient (Wildman–Crippen LogP) is 5.19. The highest BCUT2D eigenvalue weighted by Gasteiger charge is 2.21. The van der Waals surface area contributed by atoms with E-state index in [1.807, 2.05) is 60.7 Å². The van der Waals surface area contributed by atoms with E-state index >= 15 is 0 Å². The van der Waals surface area contributed by atoms with Crippen molar-refractivity contribution < 1.29 is 9.52 Å². The van der Waals surface area contributed by atoms with Crippen LogP contribution in [0.1, 0.15) is 12.7 Å². The van der Waals surface area contributed by atoms with Crippen molar-refractivity contribution in [3.8, 4) is 17.4 Å². The molecule has 2 aromatic heterocycles. The highest BCUT2D eigenvalue weighted by atomic mass is 32.2. The van der Waals surface area contributed by atoms with Crippen LogP contribution in [0.2, 0.25) is 0 Å². The average Bonchev–Trinajstić information content (AvgIpc) is 3.36. The molecule has 0 bridgehead atoms. The zero-order valence-electron chi connectivity index (χ0n) is 15.0. The second kappa shape index (κ2) is 7.62. The molecule has 28 heavy (non-hydrogen) atoms. The number of allylic oxidation sites excluding steroid dienone is 1. The first-order valence-corrected chi connectivity index (χ1v) is 9.50. The van der Waals surface area contributed by atoms with Gasteiger partial charge in [0.15, 0.2) is 11.6 Å². The number of oxazole rings is 1. The Morgan fingerprint density at radius 2 is 1.93 bits per heavy atom. The molecular formula is C21H16N4O2S. The monoisotopic (exact) mass is 388 g/mol. The van der Waals surface area contributed by atoms with Crippen LogP contribution in [0.4, 0.5) is 0 Å². The van der Waals surface area contributed by atoms with Gasteiger partial charge in [0, 0.05) is 5.56 Å². The Kier molecular flexibility index (Phi) is 4.87. The lowest BCUT2D eigenvalue weighted by atomic mass is 10.2. The van der Waals surface area contributed by atoms with Crippen molar-refractivity contribution in [2.45, 2.75) is 17.4 Å². The maximum atomic E-state index is 10.6. The lowest BCUT2D eigenvalue weighted by Gasteiger charge is -2.09. The number of thioether (sulfide) groups is 1. The molecule has 138 valence electrons. The summed E-state index contributed by atoms with van der Waals surface area (Å²) >= 11 is 1.23. The number of nitriles is 1. The molecule has 0 radical (unpaired) electrons. The van der Waals surface area contributed by atoms with Crippen molar-refractivity contribution >= 4 is 28.4 Å². The van der Waals surface area contributed by atoms with Crippen LogP contribution in [0.3, 0.4) is 0 Å². The number of aliphatic hydroxyl groups is 1. The molecule has 6 nitrogen and oxygen atoms in total. The van der Waals surface area contributed by atoms with Crippen LogP contribution < -0.4 is 0 Å². The van der Waals surface area contributed by atoms with E-state index in [0.717, 1.165) is 16.6 Å². The second-order valence-corrected chi connectivity index (χ2v) is 7.38. The van der Waals surface area contributed by atoms with Gasteiger partial charge in [-0.05, 0) is 19.1 Å². The molecular weight excluding hydrogens is 372 g/mol. The van der Waals surface area contributed by atoms with Gasteiger partial charge in [-0.1, -0.05) is 54.2 Å². The summed E-state index contributed by atoms with van der Waals surface area (Å²) in [4.78, 5) is 11.7. The number of benzene rings is 2. The zero-order chi connectivity index (χ0) is 19.5. The molecule has 4 aromatic rings. The number of aromatic amines is 1. The Hall–Kier alpha value is -3.50. The van der Waals surface area contributed by atoms with Gasteiger partial charge in [-0.15, -0.1) is 0 Å². The third-order valence-corrected chi connectivity index (χ3v) is 5.17. The maximum Gasteiger partial charge on any atom is 0.256 e. The van der Waals surface area contributed by atoms with E-state index in [1.165, 1.54) is 11.8 Å². The minimum absolute atomic E-state index is 0.0778. The summed E-state index contributed by atoms with van der Waals surface area (Å²) in [5, 5.41) is 20.2. The normalized spacial score (nSPS) is 13.1. The summed E-state index contributed by atoms with van der Waals surface area (Å²) in [7, 11) is 0. The van der Waals surface area contributed by atoms with Gasteiger partial charge < -0.3 is 14.5 Å². The van der Waals surface area contributed by atoms with E-state index < -0.39 is 5.25 Å². The number of nitrogens with one attached hydrogen (secondary N) is 1. The lowest BCUT2D eigenvalue weighted by Crippen LogP contribution is -2.04. The van der Waals surface area contributed by atoms with Crippen LogP contribution >= 0.6 is 11.8 Å². The molecule has 2 N–H and O–H groups in total. The quantitative estimate of drug-likeness (QED) is 0.277. The fourth-order valence-electron chi connectivity index (χ4n) is 2.76. The SMILES string of the molecule is CC(Sc1ncc(-c2ccccc2)o1)C(O)=C(C#N)c1nc2ccccc2[nH]1. The van der Waals surface area contributed by atoms with Gasteiger partial charge in [0.2, 0.25) is 0 Å². The van der Waals surface area contributed by atoms with Crippen LogP contribution in [0.15, 0.2) is 76.2 Å². The molecule has 2 heterocycles. The summed E-state index contributed by atoms with van der Waals surface area (Å²) in [6.07, 6.45) is 1.65. The Bertz CT molecular complexity index is 1150. The van der Waals surface area contributed by atoms with Crippen LogP contribution in [0.25, 0.3) is 27.9 Å². The Morgan fingerprint density at radius 3 is 2.68 bits per heavy atom. The Balaban J connectivity index is 1.58. The molecule has 1 atom stereocenters. The minimum atomic E-state index is -0.440. The van der Waals surface area contributed by atoms with E-state index in [0.29, 0.717) is 16.8 Å². The van der Waals surface area contributed by atoms with Crippen LogP contribution in [0, 0.1) is 11.3 Å². The summed E-state index contributed by atoms with van der Waals surface area (Å²) in [6, 6.07) is 19.2. The van der Waals surface area contributed by atoms with Crippen LogP contribution in [-0.2, 0) is 0 Å². The van der Waals surface area contributed by atoms with Crippen molar-refractivity contribution in [2.75, 3.05) is 0 Å². The van der Waals surface area contributed by atoms with Crippen molar-refractivity contribution in [2.24, 2.45) is 0 Å². The van der Waals surface area contributed by atoms with Gasteiger partial charge in [-0.25, -0.2) is 9.97 Å². The number of rotatable bonds is 5. The zero-order valence-corrected chi connectivity index (χ0v) is 15.8. The van der Waals surface area contributed by atoms with Gasteiger partial charge in [0.05, 0.1) is 22.5 Å². The smallest absolute Gasteiger partial charge is 0.256 e. The molecule has 0 saturated heterocycles. The van der Waals surface area contributed by atoms with E-state index in [1.54, 1.807) is 13.1 Å². The standard InChI is InChI=1S/C21H16N4O2S/c1-13(28-21-23-12-18(27-21)14-7-3-2-4-8-14)19(26)15(11-22)20-24-16-9-5-6-10-17(16)25-20/h2-10,12-13,26H,1H3,(H,24,25). The molecule has 2 aromatic carbocycles. The van der Waals surface area contributed by atoms with Gasteiger partial charge in [-0.2, -0.15) is 5.26 Å². The fourth-order valence-corrected chi connectivity index (χ4v) is 3.54.